The Morgan fingerprint density at radius 1 is 1.24 bits per heavy atom. The highest BCUT2D eigenvalue weighted by atomic mass is 31.2. The van der Waals surface area contributed by atoms with E-state index in [4.69, 9.17) is 29.0 Å². The van der Waals surface area contributed by atoms with Crippen molar-refractivity contribution in [3.05, 3.63) is 18.5 Å². The Labute approximate surface area is 169 Å². The molecule has 12 heteroatoms. The van der Waals surface area contributed by atoms with E-state index in [1.807, 2.05) is 0 Å². The van der Waals surface area contributed by atoms with E-state index in [1.165, 1.54) is 0 Å². The summed E-state index contributed by atoms with van der Waals surface area (Å²) in [4.78, 5) is 12.7. The van der Waals surface area contributed by atoms with Crippen molar-refractivity contribution in [2.24, 2.45) is 0 Å². The Kier molecular flexibility index (Phi) is 8.99. The van der Waals surface area contributed by atoms with Crippen LogP contribution < -0.4 is 10.5 Å². The Morgan fingerprint density at radius 3 is 2.62 bits per heavy atom. The minimum absolute atomic E-state index is 0.144. The fourth-order valence-corrected chi connectivity index (χ4v) is 3.76. The van der Waals surface area contributed by atoms with E-state index >= 15 is 0 Å². The quantitative estimate of drug-likeness (QED) is 0.271. The lowest BCUT2D eigenvalue weighted by Gasteiger charge is -2.17. The van der Waals surface area contributed by atoms with Crippen molar-refractivity contribution in [2.45, 2.75) is 20.4 Å². The first-order valence-corrected chi connectivity index (χ1v) is 10.9. The third kappa shape index (κ3) is 6.76. The minimum atomic E-state index is -3.26. The fourth-order valence-electron chi connectivity index (χ4n) is 2.44. The highest BCUT2D eigenvalue weighted by molar-refractivity contribution is 7.53. The largest absolute Gasteiger partial charge is 0.461 e. The Hall–Kier alpha value is -2.04. The van der Waals surface area contributed by atoms with Crippen LogP contribution in [0.5, 0.6) is 6.01 Å². The number of hydrogen-bond acceptors (Lipinski definition) is 10. The molecule has 0 radical (unpaired) electrons. The molecular weight excluding hydrogens is 401 g/mol. The van der Waals surface area contributed by atoms with Crippen LogP contribution in [0, 0.1) is 0 Å². The van der Waals surface area contributed by atoms with Crippen LogP contribution >= 0.6 is 7.60 Å². The molecule has 0 aromatic carbocycles. The maximum atomic E-state index is 12.4. The van der Waals surface area contributed by atoms with E-state index < -0.39 is 7.60 Å². The van der Waals surface area contributed by atoms with E-state index in [0.717, 1.165) is 0 Å². The molecule has 29 heavy (non-hydrogen) atoms. The van der Waals surface area contributed by atoms with Crippen LogP contribution in [0.2, 0.25) is 0 Å². The predicted octanol–water partition coefficient (Wildman–Crippen LogP) is 2.23. The lowest BCUT2D eigenvalue weighted by molar-refractivity contribution is 0.141. The van der Waals surface area contributed by atoms with E-state index in [0.29, 0.717) is 36.5 Å². The number of rotatable bonds is 14. The van der Waals surface area contributed by atoms with E-state index in [9.17, 15) is 4.57 Å². The van der Waals surface area contributed by atoms with Gasteiger partial charge in [0.15, 0.2) is 17.0 Å². The maximum Gasteiger partial charge on any atom is 0.356 e. The van der Waals surface area contributed by atoms with Gasteiger partial charge in [-0.1, -0.05) is 6.58 Å². The summed E-state index contributed by atoms with van der Waals surface area (Å²) in [6.45, 7) is 9.28. The zero-order chi connectivity index (χ0) is 21.3. The summed E-state index contributed by atoms with van der Waals surface area (Å²) in [5, 5.41) is 0. The molecule has 0 aliphatic heterocycles. The monoisotopic (exact) mass is 429 g/mol. The molecule has 0 aliphatic carbocycles. The maximum absolute atomic E-state index is 12.4. The van der Waals surface area contributed by atoms with Crippen molar-refractivity contribution < 1.29 is 27.8 Å². The van der Waals surface area contributed by atoms with Gasteiger partial charge in [0.2, 0.25) is 0 Å². The van der Waals surface area contributed by atoms with Gasteiger partial charge in [-0.2, -0.15) is 9.97 Å². The Balaban J connectivity index is 2.00. The molecule has 2 aromatic heterocycles. The Morgan fingerprint density at radius 2 is 1.97 bits per heavy atom. The van der Waals surface area contributed by atoms with Crippen LogP contribution in [0.4, 0.5) is 5.82 Å². The standard InChI is InChI=1S/C17H28N5O6P/c1-5-27-29(23,28-6-2)12-25-10-13(3)9-22-11-19-14-15(18)20-17(21-16(14)22)26-8-7-24-4/h11H,3,5-10,12H2,1-2,4H3,(H2,18,20,21). The van der Waals surface area contributed by atoms with Gasteiger partial charge in [-0.05, 0) is 19.4 Å². The number of hydrogen-bond donors (Lipinski definition) is 1. The molecule has 2 aromatic rings. The van der Waals surface area contributed by atoms with E-state index in [2.05, 4.69) is 21.5 Å². The highest BCUT2D eigenvalue weighted by Gasteiger charge is 2.23. The second-order valence-electron chi connectivity index (χ2n) is 5.95. The first-order chi connectivity index (χ1) is 13.9. The van der Waals surface area contributed by atoms with Gasteiger partial charge in [0.1, 0.15) is 13.0 Å². The van der Waals surface area contributed by atoms with Crippen molar-refractivity contribution >= 4 is 24.6 Å². The number of fused-ring (bicyclic) bond motifs is 1. The number of anilines is 1. The second kappa shape index (κ2) is 11.2. The minimum Gasteiger partial charge on any atom is -0.461 e. The van der Waals surface area contributed by atoms with Crippen molar-refractivity contribution in [3.63, 3.8) is 0 Å². The molecule has 162 valence electrons. The van der Waals surface area contributed by atoms with Crippen LogP contribution in [-0.2, 0) is 29.6 Å². The van der Waals surface area contributed by atoms with E-state index in [-0.39, 0.29) is 38.0 Å². The molecular formula is C17H28N5O6P. The van der Waals surface area contributed by atoms with Gasteiger partial charge in [-0.15, -0.1) is 0 Å². The van der Waals surface area contributed by atoms with Crippen LogP contribution in [0.25, 0.3) is 11.2 Å². The normalized spacial score (nSPS) is 11.8. The second-order valence-corrected chi connectivity index (χ2v) is 7.95. The summed E-state index contributed by atoms with van der Waals surface area (Å²) in [5.41, 5.74) is 7.64. The zero-order valence-electron chi connectivity index (χ0n) is 17.0. The number of nitrogen functional groups attached to an aromatic ring is 1. The van der Waals surface area contributed by atoms with Crippen molar-refractivity contribution in [3.8, 4) is 6.01 Å². The first kappa shape index (κ1) is 23.2. The average Bonchev–Trinajstić information content (AvgIpc) is 3.05. The molecule has 0 aliphatic rings. The molecule has 0 fully saturated rings. The van der Waals surface area contributed by atoms with Gasteiger partial charge < -0.3 is 33.6 Å². The molecule has 0 saturated heterocycles. The Bertz CT molecular complexity index is 848. The first-order valence-electron chi connectivity index (χ1n) is 9.15. The molecule has 0 unspecified atom stereocenters. The molecule has 11 nitrogen and oxygen atoms in total. The SMILES string of the molecule is C=C(COCP(=O)(OCC)OCC)Cn1cnc2c(N)nc(OCCOC)nc21. The number of methoxy groups -OCH3 is 1. The lowest BCUT2D eigenvalue weighted by atomic mass is 10.3. The van der Waals surface area contributed by atoms with Gasteiger partial charge >= 0.3 is 13.6 Å². The summed E-state index contributed by atoms with van der Waals surface area (Å²) in [5.74, 6) is 0.220. The van der Waals surface area contributed by atoms with Crippen molar-refractivity contribution in [2.75, 3.05) is 52.2 Å². The number of nitrogens with zero attached hydrogens (tertiary/aromatic N) is 4. The summed E-state index contributed by atoms with van der Waals surface area (Å²) in [6, 6.07) is 0.144. The summed E-state index contributed by atoms with van der Waals surface area (Å²) < 4.78 is 40.4. The molecule has 0 bridgehead atoms. The predicted molar refractivity (Wildman–Crippen MR) is 108 cm³/mol. The van der Waals surface area contributed by atoms with Crippen LogP contribution in [0.15, 0.2) is 18.5 Å². The number of imidazole rings is 1. The molecule has 0 spiro atoms. The van der Waals surface area contributed by atoms with Gasteiger partial charge in [-0.3, -0.25) is 4.57 Å². The molecule has 0 amide bonds. The van der Waals surface area contributed by atoms with Gasteiger partial charge in [-0.25, -0.2) is 4.98 Å². The molecule has 2 N–H and O–H groups in total. The fraction of sp³-hybridized carbons (Fsp3) is 0.588. The van der Waals surface area contributed by atoms with Crippen LogP contribution in [0.3, 0.4) is 0 Å². The van der Waals surface area contributed by atoms with Crippen LogP contribution in [0.1, 0.15) is 13.8 Å². The third-order valence-electron chi connectivity index (χ3n) is 3.59. The average molecular weight is 429 g/mol. The van der Waals surface area contributed by atoms with Crippen molar-refractivity contribution in [1.29, 1.82) is 0 Å². The lowest BCUT2D eigenvalue weighted by Crippen LogP contribution is -2.10. The zero-order valence-corrected chi connectivity index (χ0v) is 17.9. The smallest absolute Gasteiger partial charge is 0.356 e. The summed E-state index contributed by atoms with van der Waals surface area (Å²) in [6.07, 6.45) is 1.44. The van der Waals surface area contributed by atoms with Crippen LogP contribution in [-0.4, -0.2) is 66.0 Å². The summed E-state index contributed by atoms with van der Waals surface area (Å²) >= 11 is 0. The van der Waals surface area contributed by atoms with E-state index in [1.54, 1.807) is 31.9 Å². The summed E-state index contributed by atoms with van der Waals surface area (Å²) in [7, 11) is -1.68. The number of nitrogens with two attached hydrogens (primary N) is 1. The van der Waals surface area contributed by atoms with Gasteiger partial charge in [0, 0.05) is 13.7 Å². The molecule has 2 rings (SSSR count). The van der Waals surface area contributed by atoms with Gasteiger partial charge in [0.05, 0.1) is 32.8 Å². The van der Waals surface area contributed by atoms with Gasteiger partial charge in [0.25, 0.3) is 0 Å². The molecule has 0 atom stereocenters. The number of ether oxygens (including phenoxy) is 3. The number of aromatic nitrogens is 4. The highest BCUT2D eigenvalue weighted by Crippen LogP contribution is 2.47. The molecule has 2 heterocycles. The third-order valence-corrected chi connectivity index (χ3v) is 5.39. The van der Waals surface area contributed by atoms with Crippen molar-refractivity contribution in [1.82, 2.24) is 19.5 Å². The molecule has 0 saturated carbocycles. The topological polar surface area (TPSA) is 133 Å².